The topological polar surface area (TPSA) is 32.3 Å². The molecule has 1 amide bonds. The van der Waals surface area contributed by atoms with Gasteiger partial charge in [-0.25, -0.2) is 0 Å². The number of benzene rings is 2. The highest BCUT2D eigenvalue weighted by atomic mass is 32.2. The summed E-state index contributed by atoms with van der Waals surface area (Å²) in [5, 5.41) is 3.06. The van der Waals surface area contributed by atoms with Crippen LogP contribution in [0.15, 0.2) is 54.7 Å². The smallest absolute Gasteiger partial charge is 0.253 e. The van der Waals surface area contributed by atoms with Crippen LogP contribution in [-0.4, -0.2) is 21.0 Å². The predicted octanol–water partition coefficient (Wildman–Crippen LogP) is 4.36. The Labute approximate surface area is 150 Å². The number of nitrogens with zero attached hydrogens (tertiary/aromatic N) is 1. The number of hydrogen-bond donors (Lipinski definition) is 1. The molecule has 3 nitrogen and oxygen atoms in total. The summed E-state index contributed by atoms with van der Waals surface area (Å²) in [4.78, 5) is 14.8. The van der Waals surface area contributed by atoms with E-state index in [4.69, 9.17) is 12.2 Å². The van der Waals surface area contributed by atoms with Crippen molar-refractivity contribution in [2.24, 2.45) is 0 Å². The molecule has 0 aromatic heterocycles. The van der Waals surface area contributed by atoms with Crippen LogP contribution in [0.3, 0.4) is 0 Å². The van der Waals surface area contributed by atoms with Crippen LogP contribution in [0.1, 0.15) is 22.1 Å². The number of amides is 1. The molecular weight excluding hydrogens is 336 g/mol. The maximum Gasteiger partial charge on any atom is 0.253 e. The van der Waals surface area contributed by atoms with E-state index in [1.54, 1.807) is 11.8 Å². The summed E-state index contributed by atoms with van der Waals surface area (Å²) in [6.45, 7) is 2.02. The fourth-order valence-corrected chi connectivity index (χ4v) is 4.76. The van der Waals surface area contributed by atoms with Gasteiger partial charge >= 0.3 is 0 Å². The Morgan fingerprint density at radius 1 is 1.17 bits per heavy atom. The molecule has 4 rings (SSSR count). The second-order valence-electron chi connectivity index (χ2n) is 5.94. The lowest BCUT2D eigenvalue weighted by molar-refractivity contribution is -0.118. The SMILES string of the molecule is Cc1ccc(NC(=O)C2C(=S)SC3c4ccccc4C=CN23)cc1. The van der Waals surface area contributed by atoms with Crippen molar-refractivity contribution in [2.75, 3.05) is 5.32 Å². The van der Waals surface area contributed by atoms with Crippen molar-refractivity contribution in [3.63, 3.8) is 0 Å². The third kappa shape index (κ3) is 2.64. The molecule has 1 fully saturated rings. The van der Waals surface area contributed by atoms with Crippen molar-refractivity contribution in [1.29, 1.82) is 0 Å². The van der Waals surface area contributed by atoms with Crippen molar-refractivity contribution < 1.29 is 4.79 Å². The molecular formula is C19H16N2OS2. The molecule has 24 heavy (non-hydrogen) atoms. The highest BCUT2D eigenvalue weighted by Gasteiger charge is 2.43. The Bertz CT molecular complexity index is 845. The van der Waals surface area contributed by atoms with Crippen LogP contribution < -0.4 is 5.32 Å². The summed E-state index contributed by atoms with van der Waals surface area (Å²) in [5.74, 6) is -0.0807. The fourth-order valence-electron chi connectivity index (χ4n) is 3.02. The van der Waals surface area contributed by atoms with Gasteiger partial charge in [0, 0.05) is 11.9 Å². The van der Waals surface area contributed by atoms with Crippen molar-refractivity contribution in [2.45, 2.75) is 18.3 Å². The molecule has 2 unspecified atom stereocenters. The van der Waals surface area contributed by atoms with Gasteiger partial charge < -0.3 is 10.2 Å². The van der Waals surface area contributed by atoms with Crippen LogP contribution in [-0.2, 0) is 4.79 Å². The van der Waals surface area contributed by atoms with Gasteiger partial charge in [-0.2, -0.15) is 0 Å². The summed E-state index contributed by atoms with van der Waals surface area (Å²) in [6.07, 6.45) is 4.03. The van der Waals surface area contributed by atoms with Gasteiger partial charge in [0.25, 0.3) is 5.91 Å². The summed E-state index contributed by atoms with van der Waals surface area (Å²) in [6, 6.07) is 15.6. The van der Waals surface area contributed by atoms with Gasteiger partial charge in [-0.05, 0) is 36.3 Å². The van der Waals surface area contributed by atoms with Crippen LogP contribution in [0.2, 0.25) is 0 Å². The first kappa shape index (κ1) is 15.4. The third-order valence-electron chi connectivity index (χ3n) is 4.28. The number of aryl methyl sites for hydroxylation is 1. The van der Waals surface area contributed by atoms with Crippen LogP contribution in [0.4, 0.5) is 5.69 Å². The molecule has 0 bridgehead atoms. The lowest BCUT2D eigenvalue weighted by atomic mass is 10.0. The van der Waals surface area contributed by atoms with E-state index < -0.39 is 6.04 Å². The zero-order valence-corrected chi connectivity index (χ0v) is 14.7. The van der Waals surface area contributed by atoms with E-state index in [0.717, 1.165) is 11.3 Å². The Balaban J connectivity index is 1.59. The highest BCUT2D eigenvalue weighted by Crippen LogP contribution is 2.47. The summed E-state index contributed by atoms with van der Waals surface area (Å²) in [7, 11) is 0. The highest BCUT2D eigenvalue weighted by molar-refractivity contribution is 8.23. The number of carbonyl (C=O) groups excluding carboxylic acids is 1. The maximum absolute atomic E-state index is 12.8. The predicted molar refractivity (Wildman–Crippen MR) is 104 cm³/mol. The standard InChI is InChI=1S/C19H16N2OS2/c1-12-6-8-14(9-7-12)20-17(22)16-19(23)24-18-15-5-3-2-4-13(15)10-11-21(16)18/h2-11,16,18H,1H3,(H,20,22). The van der Waals surface area contributed by atoms with E-state index >= 15 is 0 Å². The Hall–Kier alpha value is -2.11. The van der Waals surface area contributed by atoms with Crippen LogP contribution in [0.5, 0.6) is 0 Å². The molecule has 5 heteroatoms. The van der Waals surface area contributed by atoms with Gasteiger partial charge in [0.1, 0.15) is 5.37 Å². The second kappa shape index (κ2) is 6.07. The number of carbonyl (C=O) groups is 1. The van der Waals surface area contributed by atoms with E-state index in [1.165, 1.54) is 11.1 Å². The minimum Gasteiger partial charge on any atom is -0.344 e. The molecule has 0 radical (unpaired) electrons. The fraction of sp³-hybridized carbons (Fsp3) is 0.158. The molecule has 0 saturated carbocycles. The van der Waals surface area contributed by atoms with Crippen LogP contribution >= 0.6 is 24.0 Å². The first-order valence-electron chi connectivity index (χ1n) is 7.76. The van der Waals surface area contributed by atoms with Crippen LogP contribution in [0.25, 0.3) is 6.08 Å². The lowest BCUT2D eigenvalue weighted by Crippen LogP contribution is -2.41. The van der Waals surface area contributed by atoms with E-state index in [1.807, 2.05) is 55.6 Å². The zero-order valence-electron chi connectivity index (χ0n) is 13.1. The normalized spacial score (nSPS) is 21.4. The Morgan fingerprint density at radius 3 is 2.71 bits per heavy atom. The Kier molecular flexibility index (Phi) is 3.90. The maximum atomic E-state index is 12.8. The van der Waals surface area contributed by atoms with E-state index in [0.29, 0.717) is 4.20 Å². The average molecular weight is 352 g/mol. The number of rotatable bonds is 2. The molecule has 2 aromatic carbocycles. The summed E-state index contributed by atoms with van der Waals surface area (Å²) in [5.41, 5.74) is 4.35. The van der Waals surface area contributed by atoms with Gasteiger partial charge in [-0.1, -0.05) is 65.9 Å². The molecule has 2 aliphatic rings. The van der Waals surface area contributed by atoms with Crippen molar-refractivity contribution in [3.05, 3.63) is 71.4 Å². The van der Waals surface area contributed by atoms with Gasteiger partial charge in [0.15, 0.2) is 6.04 Å². The summed E-state index contributed by atoms with van der Waals surface area (Å²) >= 11 is 7.11. The third-order valence-corrected chi connectivity index (χ3v) is 5.96. The number of thiocarbonyl (C=S) groups is 1. The molecule has 2 aliphatic heterocycles. The minimum atomic E-state index is -0.430. The van der Waals surface area contributed by atoms with Gasteiger partial charge in [-0.15, -0.1) is 0 Å². The molecule has 1 N–H and O–H groups in total. The van der Waals surface area contributed by atoms with Crippen LogP contribution in [0, 0.1) is 6.92 Å². The van der Waals surface area contributed by atoms with Gasteiger partial charge in [0.2, 0.25) is 0 Å². The number of fused-ring (bicyclic) bond motifs is 3. The molecule has 2 atom stereocenters. The van der Waals surface area contributed by atoms with Crippen molar-refractivity contribution >= 4 is 45.8 Å². The van der Waals surface area contributed by atoms with E-state index in [-0.39, 0.29) is 11.3 Å². The van der Waals surface area contributed by atoms with E-state index in [9.17, 15) is 4.79 Å². The number of hydrogen-bond acceptors (Lipinski definition) is 4. The molecule has 0 spiro atoms. The Morgan fingerprint density at radius 2 is 1.92 bits per heavy atom. The minimum absolute atomic E-state index is 0.0764. The van der Waals surface area contributed by atoms with Crippen molar-refractivity contribution in [1.82, 2.24) is 4.90 Å². The average Bonchev–Trinajstić information content (AvgIpc) is 2.93. The quantitative estimate of drug-likeness (QED) is 0.814. The molecule has 2 aromatic rings. The molecule has 120 valence electrons. The van der Waals surface area contributed by atoms with Gasteiger partial charge in [-0.3, -0.25) is 4.79 Å². The first-order valence-corrected chi connectivity index (χ1v) is 9.05. The molecule has 0 aliphatic carbocycles. The van der Waals surface area contributed by atoms with Gasteiger partial charge in [0.05, 0.1) is 4.20 Å². The van der Waals surface area contributed by atoms with E-state index in [2.05, 4.69) is 22.3 Å². The molecule has 2 heterocycles. The van der Waals surface area contributed by atoms with Crippen molar-refractivity contribution in [3.8, 4) is 0 Å². The first-order chi connectivity index (χ1) is 11.6. The number of anilines is 1. The summed E-state index contributed by atoms with van der Waals surface area (Å²) < 4.78 is 0.714. The zero-order chi connectivity index (χ0) is 16.7. The second-order valence-corrected chi connectivity index (χ2v) is 7.76. The molecule has 1 saturated heterocycles. The largest absolute Gasteiger partial charge is 0.344 e. The number of nitrogens with one attached hydrogen (secondary N) is 1. The monoisotopic (exact) mass is 352 g/mol. The number of thioether (sulfide) groups is 1. The lowest BCUT2D eigenvalue weighted by Gasteiger charge is -2.30.